The van der Waals surface area contributed by atoms with Crippen LogP contribution in [0.5, 0.6) is 0 Å². The number of anilines is 1. The van der Waals surface area contributed by atoms with Crippen molar-refractivity contribution < 1.29 is 0 Å². The van der Waals surface area contributed by atoms with Crippen LogP contribution in [-0.4, -0.2) is 36.5 Å². The van der Waals surface area contributed by atoms with Crippen LogP contribution in [0.2, 0.25) is 0 Å². The molecule has 1 atom stereocenters. The molecule has 0 bridgehead atoms. The van der Waals surface area contributed by atoms with Crippen molar-refractivity contribution in [2.24, 2.45) is 0 Å². The van der Waals surface area contributed by atoms with Crippen molar-refractivity contribution in [3.05, 3.63) is 22.6 Å². The second-order valence-electron chi connectivity index (χ2n) is 4.81. The predicted octanol–water partition coefficient (Wildman–Crippen LogP) is 1.09. The third-order valence-electron chi connectivity index (χ3n) is 2.91. The molecule has 1 aromatic heterocycles. The summed E-state index contributed by atoms with van der Waals surface area (Å²) >= 11 is 0. The molecule has 0 spiro atoms. The average molecular weight is 252 g/mol. The summed E-state index contributed by atoms with van der Waals surface area (Å²) in [7, 11) is 3.80. The first-order chi connectivity index (χ1) is 8.54. The molecule has 0 radical (unpaired) electrons. The first-order valence-corrected chi connectivity index (χ1v) is 6.52. The van der Waals surface area contributed by atoms with Crippen LogP contribution >= 0.6 is 0 Å². The minimum Gasteiger partial charge on any atom is -0.376 e. The summed E-state index contributed by atoms with van der Waals surface area (Å²) in [6.07, 6.45) is 4.04. The maximum Gasteiger partial charge on any atom is 0.268 e. The van der Waals surface area contributed by atoms with E-state index in [2.05, 4.69) is 24.3 Å². The Labute approximate surface area is 109 Å². The van der Waals surface area contributed by atoms with Crippen LogP contribution in [0.4, 0.5) is 5.69 Å². The molecule has 0 aromatic carbocycles. The summed E-state index contributed by atoms with van der Waals surface area (Å²) in [5.74, 6) is 0. The molecule has 18 heavy (non-hydrogen) atoms. The zero-order valence-electron chi connectivity index (χ0n) is 11.8. The van der Waals surface area contributed by atoms with Crippen LogP contribution < -0.4 is 15.8 Å². The lowest BCUT2D eigenvalue weighted by atomic mass is 10.2. The van der Waals surface area contributed by atoms with E-state index in [-0.39, 0.29) is 5.56 Å². The number of rotatable bonds is 7. The van der Waals surface area contributed by atoms with E-state index in [9.17, 15) is 4.79 Å². The molecule has 1 heterocycles. The van der Waals surface area contributed by atoms with Crippen LogP contribution in [0.1, 0.15) is 26.7 Å². The smallest absolute Gasteiger partial charge is 0.268 e. The van der Waals surface area contributed by atoms with Gasteiger partial charge in [-0.15, -0.1) is 0 Å². The van der Waals surface area contributed by atoms with Gasteiger partial charge in [-0.3, -0.25) is 4.79 Å². The van der Waals surface area contributed by atoms with Crippen molar-refractivity contribution in [1.82, 2.24) is 15.1 Å². The van der Waals surface area contributed by atoms with Gasteiger partial charge < -0.3 is 10.2 Å². The van der Waals surface area contributed by atoms with Gasteiger partial charge in [-0.25, -0.2) is 4.68 Å². The molecule has 102 valence electrons. The molecular weight excluding hydrogens is 228 g/mol. The lowest BCUT2D eigenvalue weighted by Gasteiger charge is -2.14. The zero-order valence-corrected chi connectivity index (χ0v) is 11.8. The standard InChI is InChI=1S/C13H24N4O/c1-5-6-11(2)14-7-8-17-13(18)9-12(10-15-17)16(3)4/h9-11,14H,5-8H2,1-4H3. The Kier molecular flexibility index (Phi) is 5.85. The highest BCUT2D eigenvalue weighted by atomic mass is 16.1. The minimum atomic E-state index is -0.0499. The molecule has 1 rings (SSSR count). The fraction of sp³-hybridized carbons (Fsp3) is 0.692. The maximum absolute atomic E-state index is 11.8. The third-order valence-corrected chi connectivity index (χ3v) is 2.91. The SMILES string of the molecule is CCCC(C)NCCn1ncc(N(C)C)cc1=O. The molecule has 5 heteroatoms. The van der Waals surface area contributed by atoms with Gasteiger partial charge in [0.05, 0.1) is 18.4 Å². The molecule has 0 aliphatic rings. The second kappa shape index (κ2) is 7.16. The number of hydrogen-bond acceptors (Lipinski definition) is 4. The molecular formula is C13H24N4O. The van der Waals surface area contributed by atoms with E-state index in [0.29, 0.717) is 12.6 Å². The van der Waals surface area contributed by atoms with Gasteiger partial charge in [-0.05, 0) is 13.3 Å². The molecule has 0 aliphatic heterocycles. The molecule has 0 saturated carbocycles. The Balaban J connectivity index is 2.51. The summed E-state index contributed by atoms with van der Waals surface area (Å²) in [5.41, 5.74) is 0.787. The van der Waals surface area contributed by atoms with E-state index in [1.165, 1.54) is 11.1 Å². The lowest BCUT2D eigenvalue weighted by Crippen LogP contribution is -2.33. The van der Waals surface area contributed by atoms with E-state index in [1.807, 2.05) is 19.0 Å². The van der Waals surface area contributed by atoms with E-state index in [1.54, 1.807) is 12.3 Å². The van der Waals surface area contributed by atoms with Gasteiger partial charge in [-0.1, -0.05) is 13.3 Å². The van der Waals surface area contributed by atoms with Crippen LogP contribution in [0.25, 0.3) is 0 Å². The van der Waals surface area contributed by atoms with Crippen LogP contribution in [-0.2, 0) is 6.54 Å². The van der Waals surface area contributed by atoms with Crippen molar-refractivity contribution in [1.29, 1.82) is 0 Å². The highest BCUT2D eigenvalue weighted by Crippen LogP contribution is 2.03. The van der Waals surface area contributed by atoms with Gasteiger partial charge in [0.1, 0.15) is 0 Å². The Hall–Kier alpha value is -1.36. The molecule has 1 aromatic rings. The van der Waals surface area contributed by atoms with Crippen molar-refractivity contribution in [3.8, 4) is 0 Å². The lowest BCUT2D eigenvalue weighted by molar-refractivity contribution is 0.463. The van der Waals surface area contributed by atoms with Gasteiger partial charge >= 0.3 is 0 Å². The van der Waals surface area contributed by atoms with Crippen molar-refractivity contribution in [2.75, 3.05) is 25.5 Å². The Morgan fingerprint density at radius 2 is 2.22 bits per heavy atom. The fourth-order valence-corrected chi connectivity index (χ4v) is 1.79. The fourth-order valence-electron chi connectivity index (χ4n) is 1.79. The predicted molar refractivity (Wildman–Crippen MR) is 75.2 cm³/mol. The maximum atomic E-state index is 11.8. The Bertz CT molecular complexity index is 414. The summed E-state index contributed by atoms with van der Waals surface area (Å²) in [6.45, 7) is 5.72. The monoisotopic (exact) mass is 252 g/mol. The highest BCUT2D eigenvalue weighted by molar-refractivity contribution is 5.40. The van der Waals surface area contributed by atoms with Gasteiger partial charge in [0, 0.05) is 32.7 Å². The summed E-state index contributed by atoms with van der Waals surface area (Å²) in [5, 5.41) is 7.55. The first-order valence-electron chi connectivity index (χ1n) is 6.52. The number of nitrogens with zero attached hydrogens (tertiary/aromatic N) is 3. The number of hydrogen-bond donors (Lipinski definition) is 1. The molecule has 1 unspecified atom stereocenters. The van der Waals surface area contributed by atoms with Gasteiger partial charge in [0.15, 0.2) is 0 Å². The number of aromatic nitrogens is 2. The molecule has 0 amide bonds. The normalized spacial score (nSPS) is 12.4. The highest BCUT2D eigenvalue weighted by Gasteiger charge is 2.03. The Morgan fingerprint density at radius 1 is 1.50 bits per heavy atom. The molecule has 0 saturated heterocycles. The van der Waals surface area contributed by atoms with Crippen LogP contribution in [0, 0.1) is 0 Å². The van der Waals surface area contributed by atoms with Crippen molar-refractivity contribution in [2.45, 2.75) is 39.3 Å². The molecule has 0 aliphatic carbocycles. The van der Waals surface area contributed by atoms with E-state index in [0.717, 1.165) is 18.7 Å². The average Bonchev–Trinajstić information content (AvgIpc) is 2.31. The molecule has 0 fully saturated rings. The molecule has 5 nitrogen and oxygen atoms in total. The van der Waals surface area contributed by atoms with E-state index in [4.69, 9.17) is 0 Å². The van der Waals surface area contributed by atoms with Crippen LogP contribution in [0.15, 0.2) is 17.1 Å². The quantitative estimate of drug-likeness (QED) is 0.789. The molecule has 1 N–H and O–H groups in total. The number of nitrogens with one attached hydrogen (secondary N) is 1. The van der Waals surface area contributed by atoms with Gasteiger partial charge in [0.25, 0.3) is 5.56 Å². The van der Waals surface area contributed by atoms with E-state index < -0.39 is 0 Å². The summed E-state index contributed by atoms with van der Waals surface area (Å²) < 4.78 is 1.50. The van der Waals surface area contributed by atoms with E-state index >= 15 is 0 Å². The summed E-state index contributed by atoms with van der Waals surface area (Å²) in [4.78, 5) is 13.7. The largest absolute Gasteiger partial charge is 0.376 e. The zero-order chi connectivity index (χ0) is 13.5. The first kappa shape index (κ1) is 14.7. The van der Waals surface area contributed by atoms with Crippen molar-refractivity contribution >= 4 is 5.69 Å². The minimum absolute atomic E-state index is 0.0499. The second-order valence-corrected chi connectivity index (χ2v) is 4.81. The van der Waals surface area contributed by atoms with Gasteiger partial charge in [-0.2, -0.15) is 5.10 Å². The topological polar surface area (TPSA) is 50.2 Å². The van der Waals surface area contributed by atoms with Gasteiger partial charge in [0.2, 0.25) is 0 Å². The Morgan fingerprint density at radius 3 is 2.78 bits per heavy atom. The third kappa shape index (κ3) is 4.49. The van der Waals surface area contributed by atoms with Crippen molar-refractivity contribution in [3.63, 3.8) is 0 Å². The van der Waals surface area contributed by atoms with Crippen LogP contribution in [0.3, 0.4) is 0 Å². The summed E-state index contributed by atoms with van der Waals surface area (Å²) in [6, 6.07) is 2.11.